The Morgan fingerprint density at radius 2 is 1.63 bits per heavy atom. The topological polar surface area (TPSA) is 172 Å². The van der Waals surface area contributed by atoms with Crippen LogP contribution in [0.1, 0.15) is 46.5 Å². The number of hydrogen-bond acceptors (Lipinski definition) is 11. The second kappa shape index (κ2) is 12.5. The van der Waals surface area contributed by atoms with Crippen molar-refractivity contribution in [3.63, 3.8) is 0 Å². The molecule has 1 fully saturated rings. The Kier molecular flexibility index (Phi) is 8.90. The van der Waals surface area contributed by atoms with E-state index in [0.717, 1.165) is 0 Å². The first-order valence-electron chi connectivity index (χ1n) is 13.0. The van der Waals surface area contributed by atoms with Gasteiger partial charge in [-0.2, -0.15) is 0 Å². The smallest absolute Gasteiger partial charge is 0.421 e. The number of amides is 2. The van der Waals surface area contributed by atoms with Gasteiger partial charge in [-0.1, -0.05) is 0 Å². The number of nitro benzene ring substituents is 1. The highest BCUT2D eigenvalue weighted by Gasteiger charge is 2.33. The molecule has 0 bridgehead atoms. The van der Waals surface area contributed by atoms with Crippen molar-refractivity contribution in [1.29, 1.82) is 0 Å². The fourth-order valence-electron chi connectivity index (χ4n) is 4.32. The Labute approximate surface area is 236 Å². The highest BCUT2D eigenvalue weighted by molar-refractivity contribution is 5.88. The molecule has 1 aliphatic carbocycles. The van der Waals surface area contributed by atoms with E-state index in [0.29, 0.717) is 36.9 Å². The van der Waals surface area contributed by atoms with Crippen LogP contribution in [0.4, 0.5) is 21.1 Å². The van der Waals surface area contributed by atoms with Crippen molar-refractivity contribution in [2.24, 2.45) is 0 Å². The number of nitrogens with zero attached hydrogens (tertiary/aromatic N) is 6. The Hall–Kier alpha value is -4.88. The third kappa shape index (κ3) is 7.84. The number of methoxy groups -OCH3 is 1. The molecule has 4 rings (SSSR count). The molecule has 41 heavy (non-hydrogen) atoms. The molecular formula is C27H31N7O7. The van der Waals surface area contributed by atoms with E-state index in [1.807, 2.05) is 0 Å². The van der Waals surface area contributed by atoms with E-state index in [1.54, 1.807) is 33.2 Å². The first-order valence-corrected chi connectivity index (χ1v) is 13.0. The first-order chi connectivity index (χ1) is 19.5. The molecule has 14 heteroatoms. The maximum atomic E-state index is 13.5. The number of rotatable bonds is 7. The zero-order valence-corrected chi connectivity index (χ0v) is 23.1. The summed E-state index contributed by atoms with van der Waals surface area (Å²) >= 11 is 0. The van der Waals surface area contributed by atoms with E-state index in [9.17, 15) is 19.7 Å². The number of hydrogen-bond donors (Lipinski definition) is 1. The number of carbonyl (C=O) groups is 2. The number of aromatic nitrogens is 4. The van der Waals surface area contributed by atoms with Crippen molar-refractivity contribution in [3.05, 3.63) is 59.2 Å². The molecule has 0 radical (unpaired) electrons. The van der Waals surface area contributed by atoms with Crippen molar-refractivity contribution in [2.75, 3.05) is 12.0 Å². The Morgan fingerprint density at radius 1 is 0.976 bits per heavy atom. The quantitative estimate of drug-likeness (QED) is 0.311. The van der Waals surface area contributed by atoms with Gasteiger partial charge in [-0.05, 0) is 58.6 Å². The van der Waals surface area contributed by atoms with Crippen LogP contribution >= 0.6 is 0 Å². The summed E-state index contributed by atoms with van der Waals surface area (Å²) in [5, 5.41) is 13.9. The summed E-state index contributed by atoms with van der Waals surface area (Å²) in [4.78, 5) is 54.6. The molecule has 0 atom stereocenters. The van der Waals surface area contributed by atoms with Crippen LogP contribution < -0.4 is 19.7 Å². The van der Waals surface area contributed by atoms with E-state index in [4.69, 9.17) is 14.2 Å². The average Bonchev–Trinajstić information content (AvgIpc) is 2.94. The molecular weight excluding hydrogens is 534 g/mol. The predicted octanol–water partition coefficient (Wildman–Crippen LogP) is 4.69. The monoisotopic (exact) mass is 565 g/mol. The normalized spacial score (nSPS) is 16.8. The highest BCUT2D eigenvalue weighted by Crippen LogP contribution is 2.29. The summed E-state index contributed by atoms with van der Waals surface area (Å²) in [6.45, 7) is 5.39. The predicted molar refractivity (Wildman–Crippen MR) is 147 cm³/mol. The van der Waals surface area contributed by atoms with E-state index >= 15 is 0 Å². The molecule has 0 saturated heterocycles. The van der Waals surface area contributed by atoms with Gasteiger partial charge in [0.05, 0.1) is 30.1 Å². The molecule has 1 N–H and O–H groups in total. The van der Waals surface area contributed by atoms with Crippen LogP contribution in [0.3, 0.4) is 0 Å². The molecule has 2 amide bonds. The second-order valence-corrected chi connectivity index (χ2v) is 10.4. The molecule has 0 aliphatic heterocycles. The van der Waals surface area contributed by atoms with Gasteiger partial charge in [-0.25, -0.2) is 24.5 Å². The van der Waals surface area contributed by atoms with E-state index in [-0.39, 0.29) is 35.3 Å². The van der Waals surface area contributed by atoms with Gasteiger partial charge in [0, 0.05) is 42.2 Å². The first kappa shape index (κ1) is 29.1. The van der Waals surface area contributed by atoms with Crippen LogP contribution in [0, 0.1) is 10.1 Å². The third-order valence-corrected chi connectivity index (χ3v) is 6.22. The molecule has 1 aromatic carbocycles. The lowest BCUT2D eigenvalue weighted by atomic mass is 9.90. The zero-order chi connectivity index (χ0) is 29.6. The molecule has 2 heterocycles. The van der Waals surface area contributed by atoms with Crippen molar-refractivity contribution in [1.82, 2.24) is 25.3 Å². The summed E-state index contributed by atoms with van der Waals surface area (Å²) in [5.41, 5.74) is 0.369. The lowest BCUT2D eigenvalue weighted by molar-refractivity contribution is -0.384. The number of alkyl carbamates (subject to hydrolysis) is 1. The maximum Gasteiger partial charge on any atom is 0.421 e. The molecule has 3 aromatic rings. The number of ether oxygens (including phenoxy) is 3. The lowest BCUT2D eigenvalue weighted by Crippen LogP contribution is -2.48. The average molecular weight is 566 g/mol. The summed E-state index contributed by atoms with van der Waals surface area (Å²) < 4.78 is 15.9. The largest absolute Gasteiger partial charge is 0.467 e. The Balaban J connectivity index is 1.52. The number of carbonyl (C=O) groups excluding carboxylic acids is 2. The van der Waals surface area contributed by atoms with Crippen LogP contribution in [-0.2, 0) is 4.74 Å². The number of benzene rings is 1. The van der Waals surface area contributed by atoms with Gasteiger partial charge in [0.25, 0.3) is 5.69 Å². The number of nitrogens with one attached hydrogen (secondary N) is 1. The fourth-order valence-corrected chi connectivity index (χ4v) is 4.32. The van der Waals surface area contributed by atoms with Crippen LogP contribution in [0.15, 0.2) is 49.1 Å². The number of non-ortho nitro benzene ring substituents is 1. The van der Waals surface area contributed by atoms with Gasteiger partial charge in [-0.15, -0.1) is 0 Å². The molecule has 1 aliphatic rings. The molecule has 2 aromatic heterocycles. The van der Waals surface area contributed by atoms with Crippen LogP contribution in [0.5, 0.6) is 11.8 Å². The van der Waals surface area contributed by atoms with Gasteiger partial charge in [0.15, 0.2) is 5.82 Å². The standard InChI is InChI=1S/C27H31N7O7/c1-27(2,3)41-25(35)32-18-5-7-19(8-6-18)33(26(36)40-21-11-9-20(10-12-21)34(37)38)23-16-28-22(15-29-23)17-13-30-24(39-4)31-14-17/h9-16,18-19H,5-8H2,1-4H3,(H,32,35). The number of anilines is 1. The molecule has 14 nitrogen and oxygen atoms in total. The van der Waals surface area contributed by atoms with Crippen molar-refractivity contribution < 1.29 is 28.7 Å². The second-order valence-electron chi connectivity index (χ2n) is 10.4. The van der Waals surface area contributed by atoms with Gasteiger partial charge in [0.1, 0.15) is 11.4 Å². The van der Waals surface area contributed by atoms with Crippen LogP contribution in [0.25, 0.3) is 11.3 Å². The zero-order valence-electron chi connectivity index (χ0n) is 23.1. The molecule has 0 unspecified atom stereocenters. The van der Waals surface area contributed by atoms with Crippen LogP contribution in [-0.4, -0.2) is 61.8 Å². The van der Waals surface area contributed by atoms with Gasteiger partial charge < -0.3 is 19.5 Å². The van der Waals surface area contributed by atoms with Crippen molar-refractivity contribution in [3.8, 4) is 23.0 Å². The fraction of sp³-hybridized carbons (Fsp3) is 0.407. The summed E-state index contributed by atoms with van der Waals surface area (Å²) in [6.07, 6.45) is 7.15. The van der Waals surface area contributed by atoms with Gasteiger partial charge in [-0.3, -0.25) is 20.0 Å². The minimum Gasteiger partial charge on any atom is -0.467 e. The third-order valence-electron chi connectivity index (χ3n) is 6.22. The van der Waals surface area contributed by atoms with E-state index in [1.165, 1.54) is 48.7 Å². The summed E-state index contributed by atoms with van der Waals surface area (Å²) in [6, 6.07) is 5.02. The van der Waals surface area contributed by atoms with Gasteiger partial charge >= 0.3 is 18.2 Å². The summed E-state index contributed by atoms with van der Waals surface area (Å²) in [7, 11) is 1.47. The van der Waals surface area contributed by atoms with Crippen LogP contribution in [0.2, 0.25) is 0 Å². The molecule has 216 valence electrons. The number of nitro groups is 1. The Bertz CT molecular complexity index is 1350. The van der Waals surface area contributed by atoms with E-state index in [2.05, 4.69) is 25.3 Å². The molecule has 0 spiro atoms. The SMILES string of the molecule is COc1ncc(-c2cnc(N(C(=O)Oc3ccc([N+](=O)[O-])cc3)C3CCC(NC(=O)OC(C)(C)C)CC3)cn2)cn1. The van der Waals surface area contributed by atoms with Crippen molar-refractivity contribution >= 4 is 23.7 Å². The molecule has 1 saturated carbocycles. The lowest BCUT2D eigenvalue weighted by Gasteiger charge is -2.35. The summed E-state index contributed by atoms with van der Waals surface area (Å²) in [5.74, 6) is 0.407. The highest BCUT2D eigenvalue weighted by atomic mass is 16.6. The minimum absolute atomic E-state index is 0.114. The minimum atomic E-state index is -0.711. The van der Waals surface area contributed by atoms with E-state index < -0.39 is 22.7 Å². The Morgan fingerprint density at radius 3 is 2.17 bits per heavy atom. The maximum absolute atomic E-state index is 13.5. The van der Waals surface area contributed by atoms with Gasteiger partial charge in [0.2, 0.25) is 0 Å². The van der Waals surface area contributed by atoms with Crippen molar-refractivity contribution in [2.45, 2.75) is 64.1 Å².